The number of ether oxygens (including phenoxy) is 1. The number of imidazole rings is 1. The summed E-state index contributed by atoms with van der Waals surface area (Å²) in [4.78, 5) is 22.8. The second-order valence-corrected chi connectivity index (χ2v) is 3.51. The first-order valence-corrected chi connectivity index (χ1v) is 4.99. The van der Waals surface area contributed by atoms with Crippen molar-refractivity contribution in [3.05, 3.63) is 22.9 Å². The Morgan fingerprint density at radius 3 is 2.60 bits per heavy atom. The van der Waals surface area contributed by atoms with Crippen LogP contribution in [0.1, 0.15) is 26.8 Å². The molecule has 0 N–H and O–H groups in total. The molecule has 0 aliphatic carbocycles. The van der Waals surface area contributed by atoms with Crippen LogP contribution in [0.3, 0.4) is 0 Å². The molecular weight excluding hydrogens is 196 g/mol. The van der Waals surface area contributed by atoms with Crippen molar-refractivity contribution >= 4 is 5.97 Å². The molecule has 0 radical (unpaired) electrons. The topological polar surface area (TPSA) is 53.2 Å². The second kappa shape index (κ2) is 4.82. The molecule has 5 nitrogen and oxygen atoms in total. The van der Waals surface area contributed by atoms with Crippen molar-refractivity contribution in [2.75, 3.05) is 6.61 Å². The van der Waals surface area contributed by atoms with Gasteiger partial charge in [0.05, 0.1) is 6.61 Å². The van der Waals surface area contributed by atoms with Crippen LogP contribution in [0.4, 0.5) is 0 Å². The lowest BCUT2D eigenvalue weighted by molar-refractivity contribution is -0.143. The van der Waals surface area contributed by atoms with E-state index in [1.54, 1.807) is 23.9 Å². The number of carbonyl (C=O) groups is 1. The average molecular weight is 212 g/mol. The van der Waals surface area contributed by atoms with Crippen LogP contribution in [0, 0.1) is 0 Å². The predicted molar refractivity (Wildman–Crippen MR) is 55.7 cm³/mol. The van der Waals surface area contributed by atoms with Crippen LogP contribution in [-0.2, 0) is 16.1 Å². The number of esters is 1. The minimum absolute atomic E-state index is 0.0214. The third-order valence-corrected chi connectivity index (χ3v) is 2.03. The fourth-order valence-corrected chi connectivity index (χ4v) is 1.29. The van der Waals surface area contributed by atoms with E-state index in [1.807, 2.05) is 13.8 Å². The lowest BCUT2D eigenvalue weighted by Gasteiger charge is -2.04. The van der Waals surface area contributed by atoms with Crippen molar-refractivity contribution in [1.82, 2.24) is 9.13 Å². The van der Waals surface area contributed by atoms with Crippen molar-refractivity contribution in [1.29, 1.82) is 0 Å². The maximum atomic E-state index is 11.7. The van der Waals surface area contributed by atoms with Crippen LogP contribution in [0.15, 0.2) is 17.2 Å². The van der Waals surface area contributed by atoms with E-state index in [4.69, 9.17) is 4.74 Å². The van der Waals surface area contributed by atoms with E-state index >= 15 is 0 Å². The predicted octanol–water partition coefficient (Wildman–Crippen LogP) is 0.794. The van der Waals surface area contributed by atoms with Crippen LogP contribution in [0.25, 0.3) is 0 Å². The van der Waals surface area contributed by atoms with Gasteiger partial charge in [-0.2, -0.15) is 0 Å². The van der Waals surface area contributed by atoms with Crippen LogP contribution in [0.2, 0.25) is 0 Å². The van der Waals surface area contributed by atoms with Crippen molar-refractivity contribution in [3.8, 4) is 0 Å². The number of hydrogen-bond donors (Lipinski definition) is 0. The average Bonchev–Trinajstić information content (AvgIpc) is 2.48. The largest absolute Gasteiger partial charge is 0.465 e. The number of aromatic nitrogens is 2. The van der Waals surface area contributed by atoms with Gasteiger partial charge in [-0.1, -0.05) is 0 Å². The summed E-state index contributed by atoms with van der Waals surface area (Å²) in [5.41, 5.74) is -0.182. The summed E-state index contributed by atoms with van der Waals surface area (Å²) >= 11 is 0. The van der Waals surface area contributed by atoms with Gasteiger partial charge < -0.3 is 4.74 Å². The van der Waals surface area contributed by atoms with Crippen LogP contribution < -0.4 is 5.69 Å². The van der Waals surface area contributed by atoms with Gasteiger partial charge in [0.15, 0.2) is 0 Å². The Morgan fingerprint density at radius 1 is 1.47 bits per heavy atom. The third-order valence-electron chi connectivity index (χ3n) is 2.03. The zero-order valence-electron chi connectivity index (χ0n) is 9.27. The van der Waals surface area contributed by atoms with Gasteiger partial charge in [0, 0.05) is 18.4 Å². The van der Waals surface area contributed by atoms with Gasteiger partial charge in [0.2, 0.25) is 0 Å². The summed E-state index contributed by atoms with van der Waals surface area (Å²) in [6, 6.07) is 0.0981. The molecule has 5 heteroatoms. The third kappa shape index (κ3) is 2.71. The van der Waals surface area contributed by atoms with E-state index in [2.05, 4.69) is 0 Å². The molecule has 0 spiro atoms. The minimum Gasteiger partial charge on any atom is -0.465 e. The van der Waals surface area contributed by atoms with Crippen molar-refractivity contribution in [2.24, 2.45) is 0 Å². The summed E-state index contributed by atoms with van der Waals surface area (Å²) in [6.45, 7) is 5.87. The smallest absolute Gasteiger partial charge is 0.328 e. The molecule has 1 heterocycles. The minimum atomic E-state index is -0.388. The maximum absolute atomic E-state index is 11.7. The quantitative estimate of drug-likeness (QED) is 0.693. The fraction of sp³-hybridized carbons (Fsp3) is 0.600. The molecule has 1 rings (SSSR count). The molecule has 0 aliphatic rings. The number of carbonyl (C=O) groups excluding carboxylic acids is 1. The van der Waals surface area contributed by atoms with Gasteiger partial charge in [-0.25, -0.2) is 4.79 Å². The highest BCUT2D eigenvalue weighted by Gasteiger charge is 2.09. The van der Waals surface area contributed by atoms with E-state index in [1.165, 1.54) is 4.57 Å². The Bertz CT molecular complexity index is 390. The molecule has 0 amide bonds. The number of rotatable bonds is 4. The Kier molecular flexibility index (Phi) is 3.71. The highest BCUT2D eigenvalue weighted by molar-refractivity contribution is 5.69. The van der Waals surface area contributed by atoms with E-state index in [9.17, 15) is 9.59 Å². The monoisotopic (exact) mass is 212 g/mol. The summed E-state index contributed by atoms with van der Waals surface area (Å²) in [6.07, 6.45) is 3.27. The van der Waals surface area contributed by atoms with E-state index in [-0.39, 0.29) is 24.2 Å². The molecular formula is C10H16N2O3. The summed E-state index contributed by atoms with van der Waals surface area (Å²) < 4.78 is 7.68. The Hall–Kier alpha value is -1.52. The molecule has 0 aliphatic heterocycles. The number of hydrogen-bond acceptors (Lipinski definition) is 3. The van der Waals surface area contributed by atoms with Gasteiger partial charge in [-0.3, -0.25) is 13.9 Å². The molecule has 1 aromatic heterocycles. The van der Waals surface area contributed by atoms with Gasteiger partial charge in [-0.15, -0.1) is 0 Å². The normalized spacial score (nSPS) is 10.7. The van der Waals surface area contributed by atoms with E-state index < -0.39 is 0 Å². The van der Waals surface area contributed by atoms with E-state index in [0.29, 0.717) is 6.61 Å². The zero-order valence-corrected chi connectivity index (χ0v) is 9.27. The zero-order chi connectivity index (χ0) is 11.4. The highest BCUT2D eigenvalue weighted by atomic mass is 16.5. The van der Waals surface area contributed by atoms with E-state index in [0.717, 1.165) is 0 Å². The van der Waals surface area contributed by atoms with Crippen molar-refractivity contribution in [2.45, 2.75) is 33.4 Å². The standard InChI is InChI=1S/C10H16N2O3/c1-4-15-9(13)7-11-5-6-12(8(2)3)10(11)14/h5-6,8H,4,7H2,1-3H3. The van der Waals surface area contributed by atoms with Crippen molar-refractivity contribution < 1.29 is 9.53 Å². The van der Waals surface area contributed by atoms with Crippen LogP contribution >= 0.6 is 0 Å². The van der Waals surface area contributed by atoms with Gasteiger partial charge >= 0.3 is 11.7 Å². The Balaban J connectivity index is 2.79. The molecule has 0 unspecified atom stereocenters. The molecule has 15 heavy (non-hydrogen) atoms. The molecule has 0 bridgehead atoms. The van der Waals surface area contributed by atoms with Crippen LogP contribution in [0.5, 0.6) is 0 Å². The van der Waals surface area contributed by atoms with Gasteiger partial charge in [-0.05, 0) is 20.8 Å². The molecule has 0 aromatic carbocycles. The molecule has 84 valence electrons. The summed E-state index contributed by atoms with van der Waals surface area (Å²) in [5.74, 6) is -0.388. The Labute approximate surface area is 88.3 Å². The van der Waals surface area contributed by atoms with Crippen molar-refractivity contribution in [3.63, 3.8) is 0 Å². The highest BCUT2D eigenvalue weighted by Crippen LogP contribution is 1.99. The van der Waals surface area contributed by atoms with Gasteiger partial charge in [0.1, 0.15) is 6.54 Å². The van der Waals surface area contributed by atoms with Crippen LogP contribution in [-0.4, -0.2) is 21.7 Å². The SMILES string of the molecule is CCOC(=O)Cn1ccn(C(C)C)c1=O. The van der Waals surface area contributed by atoms with Gasteiger partial charge in [0.25, 0.3) is 0 Å². The Morgan fingerprint density at radius 2 is 2.13 bits per heavy atom. The molecule has 1 aromatic rings. The molecule has 0 saturated heterocycles. The maximum Gasteiger partial charge on any atom is 0.328 e. The first-order valence-electron chi connectivity index (χ1n) is 4.99. The number of nitrogens with zero attached hydrogens (tertiary/aromatic N) is 2. The second-order valence-electron chi connectivity index (χ2n) is 3.51. The molecule has 0 fully saturated rings. The molecule has 0 atom stereocenters. The first-order chi connectivity index (χ1) is 7.06. The lowest BCUT2D eigenvalue weighted by atomic mass is 10.4. The fourth-order valence-electron chi connectivity index (χ4n) is 1.29. The lowest BCUT2D eigenvalue weighted by Crippen LogP contribution is -2.28. The first kappa shape index (κ1) is 11.6. The summed E-state index contributed by atoms with van der Waals surface area (Å²) in [5, 5.41) is 0. The summed E-state index contributed by atoms with van der Waals surface area (Å²) in [7, 11) is 0. The molecule has 0 saturated carbocycles.